The number of carbonyl (C=O) groups excluding carboxylic acids is 2. The van der Waals surface area contributed by atoms with E-state index in [1.54, 1.807) is 4.90 Å². The minimum atomic E-state index is -1.48. The average molecular weight is 352 g/mol. The molecule has 1 N–H and O–H groups in total. The Labute approximate surface area is 143 Å². The maximum atomic E-state index is 13.3. The zero-order chi connectivity index (χ0) is 18.1. The molecular formula is C18H19F3N2O2. The van der Waals surface area contributed by atoms with Crippen LogP contribution >= 0.6 is 0 Å². The highest BCUT2D eigenvalue weighted by Crippen LogP contribution is 2.41. The van der Waals surface area contributed by atoms with Gasteiger partial charge in [0.2, 0.25) is 11.8 Å². The van der Waals surface area contributed by atoms with Crippen LogP contribution < -0.4 is 5.32 Å². The van der Waals surface area contributed by atoms with Crippen molar-refractivity contribution >= 4 is 11.8 Å². The molecule has 0 radical (unpaired) electrons. The van der Waals surface area contributed by atoms with E-state index in [9.17, 15) is 22.8 Å². The maximum absolute atomic E-state index is 13.3. The van der Waals surface area contributed by atoms with Crippen molar-refractivity contribution in [1.82, 2.24) is 10.2 Å². The van der Waals surface area contributed by atoms with Crippen LogP contribution in [0, 0.1) is 23.4 Å². The summed E-state index contributed by atoms with van der Waals surface area (Å²) in [6.45, 7) is 4.46. The Hall–Kier alpha value is -2.31. The third-order valence-corrected chi connectivity index (χ3v) is 4.90. The van der Waals surface area contributed by atoms with Crippen LogP contribution in [0.4, 0.5) is 13.2 Å². The number of likely N-dealkylation sites (tertiary alicyclic amines) is 1. The van der Waals surface area contributed by atoms with E-state index in [1.807, 2.05) is 0 Å². The second-order valence-electron chi connectivity index (χ2n) is 6.56. The molecule has 1 aliphatic heterocycles. The fourth-order valence-electron chi connectivity index (χ4n) is 3.30. The molecule has 0 spiro atoms. The zero-order valence-corrected chi connectivity index (χ0v) is 13.6. The summed E-state index contributed by atoms with van der Waals surface area (Å²) in [5, 5.41) is 2.88. The minimum absolute atomic E-state index is 0.110. The second kappa shape index (κ2) is 6.90. The Morgan fingerprint density at radius 3 is 2.32 bits per heavy atom. The van der Waals surface area contributed by atoms with Gasteiger partial charge in [-0.3, -0.25) is 9.59 Å². The largest absolute Gasteiger partial charge is 0.352 e. The summed E-state index contributed by atoms with van der Waals surface area (Å²) in [5.41, 5.74) is 0.355. The number of nitrogens with one attached hydrogen (secondary N) is 1. The Bertz CT molecular complexity index is 691. The molecule has 1 aliphatic carbocycles. The van der Waals surface area contributed by atoms with Crippen molar-refractivity contribution in [3.8, 4) is 0 Å². The molecule has 2 aliphatic rings. The smallest absolute Gasteiger partial charge is 0.245 e. The summed E-state index contributed by atoms with van der Waals surface area (Å²) in [6.07, 6.45) is 2.98. The molecule has 1 saturated heterocycles. The zero-order valence-electron chi connectivity index (χ0n) is 13.6. The number of rotatable bonds is 4. The Morgan fingerprint density at radius 1 is 1.16 bits per heavy atom. The van der Waals surface area contributed by atoms with Gasteiger partial charge < -0.3 is 10.2 Å². The van der Waals surface area contributed by atoms with Crippen molar-refractivity contribution in [3.05, 3.63) is 47.8 Å². The fraction of sp³-hybridized carbons (Fsp3) is 0.444. The number of carbonyl (C=O) groups is 2. The van der Waals surface area contributed by atoms with Gasteiger partial charge in [0, 0.05) is 31.0 Å². The third kappa shape index (κ3) is 3.70. The number of hydrogen-bond acceptors (Lipinski definition) is 2. The van der Waals surface area contributed by atoms with Gasteiger partial charge in [0.05, 0.1) is 0 Å². The number of benzene rings is 1. The molecule has 1 saturated carbocycles. The predicted molar refractivity (Wildman–Crippen MR) is 85.1 cm³/mol. The predicted octanol–water partition coefficient (Wildman–Crippen LogP) is 2.50. The van der Waals surface area contributed by atoms with Crippen LogP contribution in [0.25, 0.3) is 0 Å². The molecule has 0 unspecified atom stereocenters. The average Bonchev–Trinajstić information content (AvgIpc) is 3.37. The molecule has 0 aromatic heterocycles. The molecule has 4 nitrogen and oxygen atoms in total. The number of piperidine rings is 1. The van der Waals surface area contributed by atoms with Crippen LogP contribution in [0.5, 0.6) is 0 Å². The highest BCUT2D eigenvalue weighted by molar-refractivity contribution is 5.87. The van der Waals surface area contributed by atoms with E-state index in [0.29, 0.717) is 37.9 Å². The summed E-state index contributed by atoms with van der Waals surface area (Å²) in [6, 6.07) is 1.77. The molecule has 134 valence electrons. The standard InChI is InChI=1S/C18H19F3N2O2/c1-2-16(24)23-5-3-10(4-6-23)18(25)22-15-9-12(15)11-7-13(19)17(21)14(20)8-11/h2,7-8,10,12,15H,1,3-6,9H2,(H,22,25)/t12-,15+/m0/s1. The molecule has 1 heterocycles. The third-order valence-electron chi connectivity index (χ3n) is 4.90. The monoisotopic (exact) mass is 352 g/mol. The lowest BCUT2D eigenvalue weighted by Crippen LogP contribution is -2.43. The van der Waals surface area contributed by atoms with Gasteiger partial charge in [0.25, 0.3) is 0 Å². The molecule has 1 aromatic carbocycles. The molecule has 1 aromatic rings. The lowest BCUT2D eigenvalue weighted by atomic mass is 9.95. The van der Waals surface area contributed by atoms with E-state index >= 15 is 0 Å². The van der Waals surface area contributed by atoms with Gasteiger partial charge in [-0.2, -0.15) is 0 Å². The van der Waals surface area contributed by atoms with Gasteiger partial charge in [-0.1, -0.05) is 6.58 Å². The van der Waals surface area contributed by atoms with Crippen LogP contribution in [-0.4, -0.2) is 35.8 Å². The second-order valence-corrected chi connectivity index (χ2v) is 6.56. The number of hydrogen-bond donors (Lipinski definition) is 1. The first-order valence-corrected chi connectivity index (χ1v) is 8.27. The van der Waals surface area contributed by atoms with Gasteiger partial charge in [-0.15, -0.1) is 0 Å². The van der Waals surface area contributed by atoms with Crippen LogP contribution in [0.3, 0.4) is 0 Å². The van der Waals surface area contributed by atoms with E-state index in [1.165, 1.54) is 6.08 Å². The normalized spacial score (nSPS) is 23.2. The van der Waals surface area contributed by atoms with Crippen LogP contribution in [0.15, 0.2) is 24.8 Å². The summed E-state index contributed by atoms with van der Waals surface area (Å²) < 4.78 is 39.6. The van der Waals surface area contributed by atoms with Gasteiger partial charge in [0.15, 0.2) is 17.5 Å². The van der Waals surface area contributed by atoms with E-state index in [2.05, 4.69) is 11.9 Å². The molecule has 2 atom stereocenters. The highest BCUT2D eigenvalue weighted by Gasteiger charge is 2.41. The molecule has 2 fully saturated rings. The van der Waals surface area contributed by atoms with Gasteiger partial charge >= 0.3 is 0 Å². The van der Waals surface area contributed by atoms with Crippen molar-refractivity contribution in [2.24, 2.45) is 5.92 Å². The quantitative estimate of drug-likeness (QED) is 0.669. The van der Waals surface area contributed by atoms with Crippen molar-refractivity contribution in [2.45, 2.75) is 31.2 Å². The first-order chi connectivity index (χ1) is 11.9. The van der Waals surface area contributed by atoms with Crippen molar-refractivity contribution in [3.63, 3.8) is 0 Å². The number of nitrogens with zero attached hydrogens (tertiary/aromatic N) is 1. The molecule has 0 bridgehead atoms. The van der Waals surface area contributed by atoms with Crippen molar-refractivity contribution < 1.29 is 22.8 Å². The Morgan fingerprint density at radius 2 is 1.76 bits per heavy atom. The summed E-state index contributed by atoms with van der Waals surface area (Å²) in [7, 11) is 0. The molecule has 25 heavy (non-hydrogen) atoms. The first-order valence-electron chi connectivity index (χ1n) is 8.27. The number of amides is 2. The Balaban J connectivity index is 1.52. The van der Waals surface area contributed by atoms with Crippen LogP contribution in [0.1, 0.15) is 30.7 Å². The van der Waals surface area contributed by atoms with Gasteiger partial charge in [0.1, 0.15) is 0 Å². The van der Waals surface area contributed by atoms with E-state index in [0.717, 1.165) is 12.1 Å². The minimum Gasteiger partial charge on any atom is -0.352 e. The maximum Gasteiger partial charge on any atom is 0.245 e. The Kier molecular flexibility index (Phi) is 4.83. The van der Waals surface area contributed by atoms with Crippen molar-refractivity contribution in [2.75, 3.05) is 13.1 Å². The lowest BCUT2D eigenvalue weighted by molar-refractivity contribution is -0.132. The molecule has 3 rings (SSSR count). The van der Waals surface area contributed by atoms with Crippen LogP contribution in [-0.2, 0) is 9.59 Å². The van der Waals surface area contributed by atoms with E-state index < -0.39 is 17.5 Å². The molecule has 2 amide bonds. The van der Waals surface area contributed by atoms with E-state index in [4.69, 9.17) is 0 Å². The van der Waals surface area contributed by atoms with Crippen LogP contribution in [0.2, 0.25) is 0 Å². The van der Waals surface area contributed by atoms with Crippen molar-refractivity contribution in [1.29, 1.82) is 0 Å². The van der Waals surface area contributed by atoms with Gasteiger partial charge in [-0.05, 0) is 43.0 Å². The SMILES string of the molecule is C=CC(=O)N1CCC(C(=O)N[C@@H]2C[C@H]2c2cc(F)c(F)c(F)c2)CC1. The highest BCUT2D eigenvalue weighted by atomic mass is 19.2. The van der Waals surface area contributed by atoms with E-state index in [-0.39, 0.29) is 29.7 Å². The van der Waals surface area contributed by atoms with Gasteiger partial charge in [-0.25, -0.2) is 13.2 Å². The lowest BCUT2D eigenvalue weighted by Gasteiger charge is -2.30. The summed E-state index contributed by atoms with van der Waals surface area (Å²) in [4.78, 5) is 25.5. The summed E-state index contributed by atoms with van der Waals surface area (Å²) >= 11 is 0. The topological polar surface area (TPSA) is 49.4 Å². The molecule has 7 heteroatoms. The first kappa shape index (κ1) is 17.5. The summed E-state index contributed by atoms with van der Waals surface area (Å²) in [5.74, 6) is -4.54. The molecular weight excluding hydrogens is 333 g/mol. The number of halogens is 3. The fourth-order valence-corrected chi connectivity index (χ4v) is 3.30.